The van der Waals surface area contributed by atoms with E-state index in [1.807, 2.05) is 0 Å². The van der Waals surface area contributed by atoms with Crippen LogP contribution in [0.2, 0.25) is 0 Å². The third-order valence-corrected chi connectivity index (χ3v) is 4.81. The number of halogens is 1. The number of hydrogen-bond acceptors (Lipinski definition) is 5. The molecular weight excluding hydrogens is 378 g/mol. The summed E-state index contributed by atoms with van der Waals surface area (Å²) in [5, 5.41) is 0. The number of furan rings is 1. The number of amides is 1. The molecule has 0 saturated heterocycles. The van der Waals surface area contributed by atoms with Gasteiger partial charge in [0.05, 0.1) is 24.5 Å². The topological polar surface area (TPSA) is 76.8 Å². The van der Waals surface area contributed by atoms with Crippen LogP contribution in [0.25, 0.3) is 0 Å². The van der Waals surface area contributed by atoms with Crippen molar-refractivity contribution in [1.29, 1.82) is 0 Å². The fraction of sp³-hybridized carbons (Fsp3) is 0.389. The van der Waals surface area contributed by atoms with E-state index in [0.717, 1.165) is 11.8 Å². The monoisotopic (exact) mass is 399 g/mol. The summed E-state index contributed by atoms with van der Waals surface area (Å²) in [5.41, 5.74) is -0.00825. The van der Waals surface area contributed by atoms with Gasteiger partial charge in [-0.05, 0) is 43.7 Å². The van der Waals surface area contributed by atoms with Crippen LogP contribution in [-0.4, -0.2) is 31.4 Å². The summed E-state index contributed by atoms with van der Waals surface area (Å²) in [5.74, 6) is 0.898. The van der Waals surface area contributed by atoms with Crippen LogP contribution in [0.1, 0.15) is 25.2 Å². The second-order valence-electron chi connectivity index (χ2n) is 6.69. The van der Waals surface area contributed by atoms with Gasteiger partial charge in [-0.25, -0.2) is 0 Å². The van der Waals surface area contributed by atoms with Crippen LogP contribution >= 0.6 is 11.6 Å². The molecule has 0 fully saturated rings. The first-order chi connectivity index (χ1) is 12.1. The molecule has 0 N–H and O–H groups in total. The molecule has 0 aliphatic rings. The molecule has 142 valence electrons. The molecule has 0 aliphatic heterocycles. The maximum absolute atomic E-state index is 12.9. The van der Waals surface area contributed by atoms with Crippen LogP contribution in [0.15, 0.2) is 47.1 Å². The van der Waals surface area contributed by atoms with E-state index in [-0.39, 0.29) is 30.6 Å². The minimum atomic E-state index is -3.62. The average molecular weight is 400 g/mol. The van der Waals surface area contributed by atoms with Crippen LogP contribution in [-0.2, 0) is 28.0 Å². The molecule has 8 heteroatoms. The molecule has 6 nitrogen and oxygen atoms in total. The zero-order valence-electron chi connectivity index (χ0n) is 14.9. The molecule has 1 heterocycles. The summed E-state index contributed by atoms with van der Waals surface area (Å²) in [6.45, 7) is 4.10. The van der Waals surface area contributed by atoms with E-state index in [1.54, 1.807) is 61.4 Å². The van der Waals surface area contributed by atoms with Crippen LogP contribution in [0, 0.1) is 5.41 Å². The Labute approximate surface area is 158 Å². The van der Waals surface area contributed by atoms with Crippen LogP contribution in [0.3, 0.4) is 0 Å². The van der Waals surface area contributed by atoms with Gasteiger partial charge in [0.2, 0.25) is 5.91 Å². The van der Waals surface area contributed by atoms with Crippen LogP contribution in [0.4, 0.5) is 0 Å². The number of carbonyl (C=O) groups is 1. The molecule has 26 heavy (non-hydrogen) atoms. The number of benzene rings is 1. The molecule has 1 amide bonds. The van der Waals surface area contributed by atoms with E-state index in [4.69, 9.17) is 20.2 Å². The minimum Gasteiger partial charge on any atom is -0.467 e. The average Bonchev–Trinajstić information content (AvgIpc) is 3.05. The second kappa shape index (κ2) is 8.14. The van der Waals surface area contributed by atoms with Crippen molar-refractivity contribution >= 4 is 27.6 Å². The lowest BCUT2D eigenvalue weighted by atomic mass is 9.94. The standard InChI is InChI=1S/C18H22ClNO5S/c1-18(2,13-19)17(21)20(12-16-8-5-9-24-16)11-14-6-4-7-15(10-14)25-26(3,22)23/h4-10H,11-13H2,1-3H3. The molecule has 0 saturated carbocycles. The van der Waals surface area contributed by atoms with E-state index in [9.17, 15) is 13.2 Å². The van der Waals surface area contributed by atoms with E-state index >= 15 is 0 Å². The van der Waals surface area contributed by atoms with Crippen molar-refractivity contribution in [2.24, 2.45) is 5.41 Å². The number of carbonyl (C=O) groups excluding carboxylic acids is 1. The van der Waals surface area contributed by atoms with Gasteiger partial charge in [0, 0.05) is 12.4 Å². The fourth-order valence-corrected chi connectivity index (χ4v) is 2.93. The molecular formula is C18H22ClNO5S. The molecule has 0 spiro atoms. The van der Waals surface area contributed by atoms with Crippen molar-refractivity contribution in [3.63, 3.8) is 0 Å². The summed E-state index contributed by atoms with van der Waals surface area (Å²) >= 11 is 5.96. The summed E-state index contributed by atoms with van der Waals surface area (Å²) in [6.07, 6.45) is 2.53. The highest BCUT2D eigenvalue weighted by molar-refractivity contribution is 7.86. The molecule has 2 aromatic rings. The van der Waals surface area contributed by atoms with E-state index in [1.165, 1.54) is 0 Å². The number of rotatable bonds is 8. The summed E-state index contributed by atoms with van der Waals surface area (Å²) in [7, 11) is -3.62. The van der Waals surface area contributed by atoms with Crippen molar-refractivity contribution in [2.45, 2.75) is 26.9 Å². The first-order valence-electron chi connectivity index (χ1n) is 7.97. The highest BCUT2D eigenvalue weighted by atomic mass is 35.5. The Hall–Kier alpha value is -1.99. The molecule has 0 bridgehead atoms. The van der Waals surface area contributed by atoms with Gasteiger partial charge in [0.1, 0.15) is 11.5 Å². The van der Waals surface area contributed by atoms with E-state index < -0.39 is 15.5 Å². The normalized spacial score (nSPS) is 12.0. The molecule has 0 aliphatic carbocycles. The predicted octanol–water partition coefficient (Wildman–Crippen LogP) is 3.41. The molecule has 1 aromatic heterocycles. The Morgan fingerprint density at radius 2 is 1.96 bits per heavy atom. The van der Waals surface area contributed by atoms with Crippen molar-refractivity contribution in [3.8, 4) is 5.75 Å². The third kappa shape index (κ3) is 5.78. The van der Waals surface area contributed by atoms with Gasteiger partial charge in [-0.2, -0.15) is 8.42 Å². The lowest BCUT2D eigenvalue weighted by Gasteiger charge is -2.30. The molecule has 1 aromatic carbocycles. The van der Waals surface area contributed by atoms with Gasteiger partial charge in [0.15, 0.2) is 0 Å². The quantitative estimate of drug-likeness (QED) is 0.502. The van der Waals surface area contributed by atoms with Gasteiger partial charge in [-0.15, -0.1) is 11.6 Å². The Bertz CT molecular complexity index is 846. The third-order valence-electron chi connectivity index (χ3n) is 3.65. The van der Waals surface area contributed by atoms with E-state index in [2.05, 4.69) is 0 Å². The van der Waals surface area contributed by atoms with Gasteiger partial charge in [0.25, 0.3) is 0 Å². The van der Waals surface area contributed by atoms with Gasteiger partial charge < -0.3 is 13.5 Å². The Kier molecular flexibility index (Phi) is 6.36. The first kappa shape index (κ1) is 20.3. The molecule has 0 radical (unpaired) electrons. The lowest BCUT2D eigenvalue weighted by molar-refractivity contribution is -0.140. The lowest BCUT2D eigenvalue weighted by Crippen LogP contribution is -2.41. The van der Waals surface area contributed by atoms with Crippen molar-refractivity contribution in [3.05, 3.63) is 54.0 Å². The van der Waals surface area contributed by atoms with Crippen molar-refractivity contribution in [1.82, 2.24) is 4.90 Å². The zero-order valence-corrected chi connectivity index (χ0v) is 16.5. The predicted molar refractivity (Wildman–Crippen MR) is 99.4 cm³/mol. The Balaban J connectivity index is 2.26. The maximum atomic E-state index is 12.9. The Morgan fingerprint density at radius 1 is 1.23 bits per heavy atom. The maximum Gasteiger partial charge on any atom is 0.306 e. The van der Waals surface area contributed by atoms with Gasteiger partial charge in [-0.3, -0.25) is 4.79 Å². The summed E-state index contributed by atoms with van der Waals surface area (Å²) < 4.78 is 32.9. The van der Waals surface area contributed by atoms with Gasteiger partial charge in [-0.1, -0.05) is 12.1 Å². The molecule has 2 rings (SSSR count). The summed E-state index contributed by atoms with van der Waals surface area (Å²) in [6, 6.07) is 10.2. The van der Waals surface area contributed by atoms with Crippen molar-refractivity contribution < 1.29 is 21.8 Å². The minimum absolute atomic E-state index is 0.127. The van der Waals surface area contributed by atoms with E-state index in [0.29, 0.717) is 5.76 Å². The van der Waals surface area contributed by atoms with Crippen LogP contribution in [0.5, 0.6) is 5.75 Å². The SMILES string of the molecule is CC(C)(CCl)C(=O)N(Cc1cccc(OS(C)(=O)=O)c1)Cc1ccco1. The number of alkyl halides is 1. The highest BCUT2D eigenvalue weighted by Gasteiger charge is 2.31. The van der Waals surface area contributed by atoms with Crippen LogP contribution < -0.4 is 4.18 Å². The largest absolute Gasteiger partial charge is 0.467 e. The fourth-order valence-electron chi connectivity index (χ4n) is 2.37. The number of hydrogen-bond donors (Lipinski definition) is 0. The highest BCUT2D eigenvalue weighted by Crippen LogP contribution is 2.25. The molecule has 0 atom stereocenters. The summed E-state index contributed by atoms with van der Waals surface area (Å²) in [4.78, 5) is 14.5. The van der Waals surface area contributed by atoms with Crippen molar-refractivity contribution in [2.75, 3.05) is 12.1 Å². The van der Waals surface area contributed by atoms with Gasteiger partial charge >= 0.3 is 10.1 Å². The molecule has 0 unspecified atom stereocenters. The smallest absolute Gasteiger partial charge is 0.306 e. The zero-order chi connectivity index (χ0) is 19.4. The number of nitrogens with zero attached hydrogens (tertiary/aromatic N) is 1. The first-order valence-corrected chi connectivity index (χ1v) is 10.3. The second-order valence-corrected chi connectivity index (χ2v) is 8.54. The Morgan fingerprint density at radius 3 is 2.54 bits per heavy atom.